The van der Waals surface area contributed by atoms with Crippen molar-refractivity contribution < 1.29 is 0 Å². The average molecular weight is 233 g/mol. The molecule has 0 radical (unpaired) electrons. The number of rotatable bonds is 6. The first-order valence-corrected chi connectivity index (χ1v) is 5.98. The Morgan fingerprint density at radius 2 is 2.29 bits per heavy atom. The van der Waals surface area contributed by atoms with Gasteiger partial charge in [-0.25, -0.2) is 0 Å². The van der Waals surface area contributed by atoms with E-state index < -0.39 is 0 Å². The van der Waals surface area contributed by atoms with E-state index in [-0.39, 0.29) is 0 Å². The number of aryl methyl sites for hydroxylation is 1. The van der Waals surface area contributed by atoms with Gasteiger partial charge in [0.2, 0.25) is 0 Å². The molecule has 0 unspecified atom stereocenters. The van der Waals surface area contributed by atoms with Gasteiger partial charge in [-0.2, -0.15) is 10.2 Å². The molecular weight excluding hydrogens is 214 g/mol. The maximum Gasteiger partial charge on any atom is 0.0849 e. The van der Waals surface area contributed by atoms with Crippen LogP contribution in [0, 0.1) is 0 Å². The zero-order chi connectivity index (χ0) is 12.1. The third-order valence-corrected chi connectivity index (χ3v) is 2.54. The van der Waals surface area contributed by atoms with Crippen LogP contribution in [0.5, 0.6) is 0 Å². The van der Waals surface area contributed by atoms with Crippen molar-refractivity contribution in [3.63, 3.8) is 0 Å². The molecule has 2 rings (SSSR count). The summed E-state index contributed by atoms with van der Waals surface area (Å²) in [6.45, 7) is 4.83. The molecule has 2 aromatic heterocycles. The number of nitrogens with one attached hydrogen (secondary N) is 1. The van der Waals surface area contributed by atoms with E-state index in [2.05, 4.69) is 28.6 Å². The monoisotopic (exact) mass is 233 g/mol. The molecule has 0 amide bonds. The zero-order valence-electron chi connectivity index (χ0n) is 10.4. The Labute approximate surface area is 101 Å². The molecule has 0 bridgehead atoms. The van der Waals surface area contributed by atoms with Crippen LogP contribution >= 0.6 is 0 Å². The number of hydrogen-bond acceptors (Lipinski definition) is 3. The summed E-state index contributed by atoms with van der Waals surface area (Å²) in [5, 5.41) is 12.0. The van der Waals surface area contributed by atoms with E-state index in [1.807, 2.05) is 34.9 Å². The molecule has 2 aromatic rings. The van der Waals surface area contributed by atoms with Gasteiger partial charge in [-0.05, 0) is 19.0 Å². The van der Waals surface area contributed by atoms with Gasteiger partial charge in [0.15, 0.2) is 0 Å². The first-order chi connectivity index (χ1) is 8.28. The van der Waals surface area contributed by atoms with Crippen LogP contribution in [0.4, 0.5) is 0 Å². The maximum atomic E-state index is 4.33. The van der Waals surface area contributed by atoms with E-state index in [9.17, 15) is 0 Å². The highest BCUT2D eigenvalue weighted by Crippen LogP contribution is 2.01. The SMILES string of the molecule is CCCNCc1cnn(Cc2ccn(C)n2)c1. The number of nitrogens with zero attached hydrogens (tertiary/aromatic N) is 4. The van der Waals surface area contributed by atoms with Crippen molar-refractivity contribution in [2.45, 2.75) is 26.4 Å². The summed E-state index contributed by atoms with van der Waals surface area (Å²) in [6, 6.07) is 2.01. The topological polar surface area (TPSA) is 47.7 Å². The van der Waals surface area contributed by atoms with Crippen LogP contribution in [0.1, 0.15) is 24.6 Å². The van der Waals surface area contributed by atoms with E-state index in [1.54, 1.807) is 0 Å². The van der Waals surface area contributed by atoms with Crippen molar-refractivity contribution >= 4 is 0 Å². The van der Waals surface area contributed by atoms with Gasteiger partial charge in [0, 0.05) is 31.5 Å². The largest absolute Gasteiger partial charge is 0.313 e. The van der Waals surface area contributed by atoms with Gasteiger partial charge in [0.05, 0.1) is 18.4 Å². The Morgan fingerprint density at radius 1 is 1.41 bits per heavy atom. The van der Waals surface area contributed by atoms with E-state index in [1.165, 1.54) is 5.56 Å². The molecular formula is C12H19N5. The smallest absolute Gasteiger partial charge is 0.0849 e. The molecule has 2 heterocycles. The zero-order valence-corrected chi connectivity index (χ0v) is 10.4. The summed E-state index contributed by atoms with van der Waals surface area (Å²) < 4.78 is 3.73. The highest BCUT2D eigenvalue weighted by atomic mass is 15.3. The van der Waals surface area contributed by atoms with Gasteiger partial charge in [-0.3, -0.25) is 9.36 Å². The van der Waals surface area contributed by atoms with Crippen molar-refractivity contribution in [2.24, 2.45) is 7.05 Å². The minimum atomic E-state index is 0.731. The summed E-state index contributed by atoms with van der Waals surface area (Å²) in [6.07, 6.45) is 7.08. The lowest BCUT2D eigenvalue weighted by Gasteiger charge is -1.99. The van der Waals surface area contributed by atoms with E-state index in [0.29, 0.717) is 0 Å². The van der Waals surface area contributed by atoms with Crippen LogP contribution in [0.3, 0.4) is 0 Å². The normalized spacial score (nSPS) is 10.9. The molecule has 5 nitrogen and oxygen atoms in total. The average Bonchev–Trinajstić information content (AvgIpc) is 2.90. The van der Waals surface area contributed by atoms with Gasteiger partial charge in [-0.15, -0.1) is 0 Å². The van der Waals surface area contributed by atoms with Crippen LogP contribution in [-0.2, 0) is 20.1 Å². The van der Waals surface area contributed by atoms with E-state index >= 15 is 0 Å². The van der Waals surface area contributed by atoms with Crippen LogP contribution in [0.2, 0.25) is 0 Å². The lowest BCUT2D eigenvalue weighted by atomic mass is 10.3. The quantitative estimate of drug-likeness (QED) is 0.762. The standard InChI is InChI=1S/C12H19N5/c1-3-5-13-7-11-8-14-17(9-11)10-12-4-6-16(2)15-12/h4,6,8-9,13H,3,5,7,10H2,1-2H3. The van der Waals surface area contributed by atoms with Gasteiger partial charge < -0.3 is 5.32 Å². The maximum absolute atomic E-state index is 4.33. The molecule has 0 fully saturated rings. The number of hydrogen-bond donors (Lipinski definition) is 1. The minimum absolute atomic E-state index is 0.731. The van der Waals surface area contributed by atoms with Crippen molar-refractivity contribution in [1.29, 1.82) is 0 Å². The van der Waals surface area contributed by atoms with Crippen LogP contribution in [0.15, 0.2) is 24.7 Å². The van der Waals surface area contributed by atoms with E-state index in [4.69, 9.17) is 0 Å². The van der Waals surface area contributed by atoms with Crippen LogP contribution < -0.4 is 5.32 Å². The lowest BCUT2D eigenvalue weighted by Crippen LogP contribution is -2.13. The molecule has 0 saturated carbocycles. The third-order valence-electron chi connectivity index (χ3n) is 2.54. The molecule has 17 heavy (non-hydrogen) atoms. The second kappa shape index (κ2) is 5.63. The Balaban J connectivity index is 1.89. The summed E-state index contributed by atoms with van der Waals surface area (Å²) in [4.78, 5) is 0. The summed E-state index contributed by atoms with van der Waals surface area (Å²) in [5.74, 6) is 0. The molecule has 1 N–H and O–H groups in total. The second-order valence-corrected chi connectivity index (χ2v) is 4.20. The molecule has 0 aliphatic carbocycles. The molecule has 92 valence electrons. The molecule has 0 atom stereocenters. The van der Waals surface area contributed by atoms with Crippen molar-refractivity contribution in [2.75, 3.05) is 6.54 Å². The Hall–Kier alpha value is -1.62. The summed E-state index contributed by atoms with van der Waals surface area (Å²) in [7, 11) is 1.92. The van der Waals surface area contributed by atoms with Crippen LogP contribution in [0.25, 0.3) is 0 Å². The predicted octanol–water partition coefficient (Wildman–Crippen LogP) is 1.16. The van der Waals surface area contributed by atoms with Gasteiger partial charge in [0.25, 0.3) is 0 Å². The van der Waals surface area contributed by atoms with Crippen molar-refractivity contribution in [3.05, 3.63) is 35.9 Å². The van der Waals surface area contributed by atoms with Crippen molar-refractivity contribution in [3.8, 4) is 0 Å². The lowest BCUT2D eigenvalue weighted by molar-refractivity contribution is 0.646. The molecule has 0 saturated heterocycles. The van der Waals surface area contributed by atoms with Crippen LogP contribution in [-0.4, -0.2) is 26.1 Å². The molecule has 0 spiro atoms. The summed E-state index contributed by atoms with van der Waals surface area (Å²) >= 11 is 0. The van der Waals surface area contributed by atoms with Gasteiger partial charge in [-0.1, -0.05) is 6.92 Å². The Bertz CT molecular complexity index is 457. The van der Waals surface area contributed by atoms with Gasteiger partial charge in [0.1, 0.15) is 0 Å². The fourth-order valence-corrected chi connectivity index (χ4v) is 1.71. The summed E-state index contributed by atoms with van der Waals surface area (Å²) in [5.41, 5.74) is 2.25. The third kappa shape index (κ3) is 3.42. The minimum Gasteiger partial charge on any atom is -0.313 e. The molecule has 0 aliphatic rings. The van der Waals surface area contributed by atoms with E-state index in [0.717, 1.165) is 31.7 Å². The fraction of sp³-hybridized carbons (Fsp3) is 0.500. The highest BCUT2D eigenvalue weighted by molar-refractivity contribution is 5.06. The highest BCUT2D eigenvalue weighted by Gasteiger charge is 2.01. The first kappa shape index (κ1) is 11.9. The Kier molecular flexibility index (Phi) is 3.93. The Morgan fingerprint density at radius 3 is 3.00 bits per heavy atom. The molecule has 5 heteroatoms. The van der Waals surface area contributed by atoms with Gasteiger partial charge >= 0.3 is 0 Å². The second-order valence-electron chi connectivity index (χ2n) is 4.20. The molecule has 0 aromatic carbocycles. The predicted molar refractivity (Wildman–Crippen MR) is 66.5 cm³/mol. The number of aromatic nitrogens is 4. The fourth-order valence-electron chi connectivity index (χ4n) is 1.71. The molecule has 0 aliphatic heterocycles. The van der Waals surface area contributed by atoms with Crippen molar-refractivity contribution in [1.82, 2.24) is 24.9 Å². The first-order valence-electron chi connectivity index (χ1n) is 5.98.